The summed E-state index contributed by atoms with van der Waals surface area (Å²) in [6, 6.07) is 27.6. The zero-order valence-electron chi connectivity index (χ0n) is 18.3. The van der Waals surface area contributed by atoms with E-state index in [1.165, 1.54) is 34.3 Å². The van der Waals surface area contributed by atoms with E-state index >= 15 is 0 Å². The number of rotatable bonds is 4. The first-order valence-corrected chi connectivity index (χ1v) is 11.3. The lowest BCUT2D eigenvalue weighted by atomic mass is 9.89. The predicted molar refractivity (Wildman–Crippen MR) is 128 cm³/mol. The molecule has 1 atom stereocenters. The van der Waals surface area contributed by atoms with Gasteiger partial charge in [0, 0.05) is 16.5 Å². The van der Waals surface area contributed by atoms with Crippen LogP contribution in [0.3, 0.4) is 0 Å². The van der Waals surface area contributed by atoms with Crippen LogP contribution in [-0.2, 0) is 0 Å². The summed E-state index contributed by atoms with van der Waals surface area (Å²) in [7, 11) is 0. The fraction of sp³-hybridized carbons (Fsp3) is 0.286. The van der Waals surface area contributed by atoms with E-state index < -0.39 is 0 Å². The molecule has 3 nitrogen and oxygen atoms in total. The van der Waals surface area contributed by atoms with Gasteiger partial charge >= 0.3 is 0 Å². The highest BCUT2D eigenvalue weighted by Crippen LogP contribution is 2.43. The average molecular weight is 411 g/mol. The Labute approximate surface area is 184 Å². The van der Waals surface area contributed by atoms with E-state index in [-0.39, 0.29) is 6.04 Å². The maximum atomic E-state index is 11.3. The zero-order valence-corrected chi connectivity index (χ0v) is 18.3. The van der Waals surface area contributed by atoms with Gasteiger partial charge in [0.2, 0.25) is 0 Å². The summed E-state index contributed by atoms with van der Waals surface area (Å²) in [4.78, 5) is 2.61. The van der Waals surface area contributed by atoms with Crippen LogP contribution in [0.25, 0.3) is 22.2 Å². The third-order valence-corrected chi connectivity index (χ3v) is 6.79. The van der Waals surface area contributed by atoms with Gasteiger partial charge in [-0.1, -0.05) is 85.3 Å². The van der Waals surface area contributed by atoms with Gasteiger partial charge in [0.05, 0.1) is 17.3 Å². The number of likely N-dealkylation sites (tertiary alicyclic amines) is 1. The highest BCUT2D eigenvalue weighted by molar-refractivity contribution is 5.92. The Morgan fingerprint density at radius 1 is 0.839 bits per heavy atom. The van der Waals surface area contributed by atoms with Crippen molar-refractivity contribution in [1.29, 1.82) is 0 Å². The number of para-hydroxylation sites is 1. The quantitative estimate of drug-likeness (QED) is 0.380. The monoisotopic (exact) mass is 410 g/mol. The minimum atomic E-state index is 0.0987. The second kappa shape index (κ2) is 8.24. The third kappa shape index (κ3) is 3.64. The van der Waals surface area contributed by atoms with Crippen molar-refractivity contribution in [2.75, 3.05) is 13.1 Å². The first-order chi connectivity index (χ1) is 15.1. The van der Waals surface area contributed by atoms with Gasteiger partial charge in [-0.15, -0.1) is 0 Å². The minimum Gasteiger partial charge on any atom is -0.428 e. The highest BCUT2D eigenvalue weighted by atomic mass is 16.5. The van der Waals surface area contributed by atoms with E-state index in [1.54, 1.807) is 0 Å². The van der Waals surface area contributed by atoms with Gasteiger partial charge in [-0.3, -0.25) is 4.90 Å². The Bertz CT molecular complexity index is 1170. The maximum Gasteiger partial charge on any atom is 0.0930 e. The van der Waals surface area contributed by atoms with Crippen LogP contribution in [0.4, 0.5) is 0 Å². The van der Waals surface area contributed by atoms with Crippen LogP contribution < -0.4 is 0 Å². The summed E-state index contributed by atoms with van der Waals surface area (Å²) >= 11 is 0. The number of fused-ring (bicyclic) bond motifs is 1. The molecule has 3 aromatic carbocycles. The molecular weight excluding hydrogens is 380 g/mol. The molecule has 1 N–H and O–H groups in total. The van der Waals surface area contributed by atoms with Crippen LogP contribution >= 0.6 is 0 Å². The zero-order chi connectivity index (χ0) is 21.4. The van der Waals surface area contributed by atoms with Crippen molar-refractivity contribution in [3.63, 3.8) is 0 Å². The Kier molecular flexibility index (Phi) is 5.29. The summed E-state index contributed by atoms with van der Waals surface area (Å²) in [5.41, 5.74) is 6.54. The molecule has 1 aromatic heterocycles. The van der Waals surface area contributed by atoms with E-state index in [9.17, 15) is 5.21 Å². The van der Waals surface area contributed by atoms with Crippen molar-refractivity contribution in [2.24, 2.45) is 5.92 Å². The summed E-state index contributed by atoms with van der Waals surface area (Å²) in [5.74, 6) is 0.766. The predicted octanol–water partition coefficient (Wildman–Crippen LogP) is 6.68. The fourth-order valence-electron chi connectivity index (χ4n) is 4.99. The third-order valence-electron chi connectivity index (χ3n) is 6.79. The normalized spacial score (nSPS) is 16.6. The van der Waals surface area contributed by atoms with Gasteiger partial charge in [0.25, 0.3) is 0 Å². The molecule has 1 unspecified atom stereocenters. The summed E-state index contributed by atoms with van der Waals surface area (Å²) in [5, 5.41) is 12.4. The smallest absolute Gasteiger partial charge is 0.0930 e. The second-order valence-electron chi connectivity index (χ2n) is 8.99. The van der Waals surface area contributed by atoms with E-state index in [1.807, 2.05) is 30.3 Å². The molecule has 158 valence electrons. The molecule has 5 rings (SSSR count). The van der Waals surface area contributed by atoms with Crippen LogP contribution in [0, 0.1) is 12.8 Å². The number of aryl methyl sites for hydroxylation is 1. The molecule has 0 saturated carbocycles. The Balaban J connectivity index is 1.77. The standard InChI is InChI=1S/C28H30N2O/c1-20-12-14-23(15-13-20)27(29-18-16-21(2)17-19-29)26-24-10-6-7-11-25(24)30(31)28(26)22-8-4-3-5-9-22/h3-15,21,27,31H,16-19H2,1-2H3. The molecule has 31 heavy (non-hydrogen) atoms. The first-order valence-electron chi connectivity index (χ1n) is 11.3. The van der Waals surface area contributed by atoms with Crippen molar-refractivity contribution in [3.8, 4) is 11.3 Å². The lowest BCUT2D eigenvalue weighted by Gasteiger charge is -2.37. The van der Waals surface area contributed by atoms with Gasteiger partial charge in [-0.05, 0) is 50.4 Å². The number of nitrogens with zero attached hydrogens (tertiary/aromatic N) is 2. The maximum absolute atomic E-state index is 11.3. The molecule has 0 spiro atoms. The summed E-state index contributed by atoms with van der Waals surface area (Å²) in [6.45, 7) is 6.63. The number of aromatic nitrogens is 1. The van der Waals surface area contributed by atoms with Gasteiger partial charge in [0.15, 0.2) is 0 Å². The van der Waals surface area contributed by atoms with Crippen LogP contribution in [0.1, 0.15) is 42.5 Å². The van der Waals surface area contributed by atoms with E-state index in [4.69, 9.17) is 0 Å². The van der Waals surface area contributed by atoms with E-state index in [0.29, 0.717) is 0 Å². The largest absolute Gasteiger partial charge is 0.428 e. The van der Waals surface area contributed by atoms with Gasteiger partial charge < -0.3 is 5.21 Å². The van der Waals surface area contributed by atoms with Crippen LogP contribution in [0.5, 0.6) is 0 Å². The van der Waals surface area contributed by atoms with E-state index in [0.717, 1.165) is 41.2 Å². The SMILES string of the molecule is Cc1ccc(C(c2c(-c3ccccc3)n(O)c3ccccc23)N2CCC(C)CC2)cc1. The van der Waals surface area contributed by atoms with Crippen molar-refractivity contribution in [1.82, 2.24) is 9.63 Å². The second-order valence-corrected chi connectivity index (χ2v) is 8.99. The molecule has 1 aliphatic heterocycles. The number of hydrogen-bond acceptors (Lipinski definition) is 2. The Morgan fingerprint density at radius 2 is 1.48 bits per heavy atom. The molecule has 0 radical (unpaired) electrons. The van der Waals surface area contributed by atoms with Crippen molar-refractivity contribution >= 4 is 10.9 Å². The summed E-state index contributed by atoms with van der Waals surface area (Å²) < 4.78 is 1.40. The van der Waals surface area contributed by atoms with Gasteiger partial charge in [-0.2, -0.15) is 4.73 Å². The molecule has 1 aliphatic rings. The number of hydrogen-bond donors (Lipinski definition) is 1. The number of benzene rings is 3. The highest BCUT2D eigenvalue weighted by Gasteiger charge is 2.32. The molecule has 0 bridgehead atoms. The molecule has 4 aromatic rings. The van der Waals surface area contributed by atoms with E-state index in [2.05, 4.69) is 67.3 Å². The van der Waals surface area contributed by atoms with Gasteiger partial charge in [-0.25, -0.2) is 0 Å². The van der Waals surface area contributed by atoms with Crippen LogP contribution in [0.15, 0.2) is 78.9 Å². The number of piperidine rings is 1. The van der Waals surface area contributed by atoms with Crippen molar-refractivity contribution < 1.29 is 5.21 Å². The van der Waals surface area contributed by atoms with Crippen molar-refractivity contribution in [2.45, 2.75) is 32.7 Å². The van der Waals surface area contributed by atoms with Crippen LogP contribution in [0.2, 0.25) is 0 Å². The molecular formula is C28H30N2O. The molecule has 3 heteroatoms. The fourth-order valence-corrected chi connectivity index (χ4v) is 4.99. The topological polar surface area (TPSA) is 28.4 Å². The summed E-state index contributed by atoms with van der Waals surface area (Å²) in [6.07, 6.45) is 2.42. The Hall–Kier alpha value is -3.04. The molecule has 0 amide bonds. The Morgan fingerprint density at radius 3 is 2.19 bits per heavy atom. The lowest BCUT2D eigenvalue weighted by molar-refractivity contribution is 0.157. The first kappa shape index (κ1) is 19.9. The lowest BCUT2D eigenvalue weighted by Crippen LogP contribution is -2.37. The molecule has 1 saturated heterocycles. The molecule has 2 heterocycles. The molecule has 0 aliphatic carbocycles. The average Bonchev–Trinajstić information content (AvgIpc) is 3.09. The minimum absolute atomic E-state index is 0.0987. The van der Waals surface area contributed by atoms with Crippen LogP contribution in [-0.4, -0.2) is 27.9 Å². The van der Waals surface area contributed by atoms with Gasteiger partial charge in [0.1, 0.15) is 0 Å². The van der Waals surface area contributed by atoms with Crippen molar-refractivity contribution in [3.05, 3.63) is 95.6 Å². The molecule has 1 fully saturated rings.